The van der Waals surface area contributed by atoms with Gasteiger partial charge in [0.15, 0.2) is 23.3 Å². The second kappa shape index (κ2) is 5.26. The molecule has 2 fully saturated rings. The summed E-state index contributed by atoms with van der Waals surface area (Å²) in [5.74, 6) is -10.1. The van der Waals surface area contributed by atoms with Gasteiger partial charge in [-0.25, -0.2) is 22.0 Å². The van der Waals surface area contributed by atoms with E-state index in [9.17, 15) is 31.3 Å². The molecule has 2 heterocycles. The Hall–Kier alpha value is -1.02. The van der Waals surface area contributed by atoms with Gasteiger partial charge < -0.3 is 5.11 Å². The van der Waals surface area contributed by atoms with Gasteiger partial charge in [-0.2, -0.15) is 0 Å². The standard InChI is InChI=1S/C14H13F5O2S/c15-9-8(10(16)12(18)13(19)11(9)17)5-14(20)3-6-1-2-7(4-14)22(6)21/h6-7,20H,1-5H2. The number of fused-ring (bicyclic) bond motifs is 2. The van der Waals surface area contributed by atoms with E-state index >= 15 is 0 Å². The molecule has 1 aromatic rings. The molecule has 2 saturated heterocycles. The molecule has 2 atom stereocenters. The number of hydrogen-bond acceptors (Lipinski definition) is 2. The Balaban J connectivity index is 1.96. The van der Waals surface area contributed by atoms with E-state index < -0.39 is 57.5 Å². The minimum Gasteiger partial charge on any atom is -0.389 e. The van der Waals surface area contributed by atoms with Crippen molar-refractivity contribution in [3.05, 3.63) is 34.6 Å². The van der Waals surface area contributed by atoms with Crippen LogP contribution in [0.3, 0.4) is 0 Å². The molecule has 3 rings (SSSR count). The second-order valence-electron chi connectivity index (χ2n) is 6.01. The highest BCUT2D eigenvalue weighted by Crippen LogP contribution is 2.43. The van der Waals surface area contributed by atoms with Crippen LogP contribution in [0.1, 0.15) is 31.2 Å². The Morgan fingerprint density at radius 1 is 0.909 bits per heavy atom. The summed E-state index contributed by atoms with van der Waals surface area (Å²) < 4.78 is 78.8. The lowest BCUT2D eigenvalue weighted by atomic mass is 9.86. The first-order valence-corrected chi connectivity index (χ1v) is 8.13. The van der Waals surface area contributed by atoms with Crippen molar-refractivity contribution in [1.29, 1.82) is 0 Å². The number of benzene rings is 1. The van der Waals surface area contributed by atoms with E-state index in [0.717, 1.165) is 0 Å². The van der Waals surface area contributed by atoms with Crippen LogP contribution >= 0.6 is 0 Å². The first kappa shape index (κ1) is 15.9. The van der Waals surface area contributed by atoms with Gasteiger partial charge in [-0.1, -0.05) is 0 Å². The summed E-state index contributed by atoms with van der Waals surface area (Å²) in [5.41, 5.74) is -2.61. The van der Waals surface area contributed by atoms with E-state index in [4.69, 9.17) is 0 Å². The van der Waals surface area contributed by atoms with Gasteiger partial charge in [-0.05, 0) is 25.7 Å². The quantitative estimate of drug-likeness (QED) is 0.511. The molecule has 2 bridgehead atoms. The zero-order valence-corrected chi connectivity index (χ0v) is 12.2. The number of hydrogen-bond donors (Lipinski definition) is 1. The average molecular weight is 340 g/mol. The molecule has 0 radical (unpaired) electrons. The first-order chi connectivity index (χ1) is 10.2. The third-order valence-electron chi connectivity index (χ3n) is 4.49. The summed E-state index contributed by atoms with van der Waals surface area (Å²) in [4.78, 5) is 0. The third kappa shape index (κ3) is 2.36. The summed E-state index contributed by atoms with van der Waals surface area (Å²) in [6.07, 6.45) is 0.668. The largest absolute Gasteiger partial charge is 0.389 e. The molecular formula is C14H13F5O2S. The molecule has 122 valence electrons. The topological polar surface area (TPSA) is 37.3 Å². The van der Waals surface area contributed by atoms with E-state index in [1.54, 1.807) is 0 Å². The number of halogens is 5. The molecule has 0 saturated carbocycles. The molecule has 0 aromatic heterocycles. The predicted molar refractivity (Wildman–Crippen MR) is 69.1 cm³/mol. The van der Waals surface area contributed by atoms with Gasteiger partial charge in [0.2, 0.25) is 5.82 Å². The monoisotopic (exact) mass is 340 g/mol. The van der Waals surface area contributed by atoms with Crippen LogP contribution in [0.25, 0.3) is 0 Å². The summed E-state index contributed by atoms with van der Waals surface area (Å²) >= 11 is 0. The normalized spacial score (nSPS) is 34.2. The van der Waals surface area contributed by atoms with Crippen LogP contribution in [-0.2, 0) is 17.2 Å². The zero-order chi connectivity index (χ0) is 16.2. The lowest BCUT2D eigenvalue weighted by Crippen LogP contribution is -2.44. The SMILES string of the molecule is O=S1C2CCC1CC(O)(Cc1c(F)c(F)c(F)c(F)c1F)C2. The van der Waals surface area contributed by atoms with Gasteiger partial charge in [0.05, 0.1) is 5.60 Å². The lowest BCUT2D eigenvalue weighted by molar-refractivity contribution is 0.0210. The van der Waals surface area contributed by atoms with Crippen molar-refractivity contribution in [2.24, 2.45) is 0 Å². The highest BCUT2D eigenvalue weighted by atomic mass is 32.2. The molecule has 8 heteroatoms. The minimum absolute atomic E-state index is 0.0373. The van der Waals surface area contributed by atoms with Crippen LogP contribution < -0.4 is 0 Å². The smallest absolute Gasteiger partial charge is 0.200 e. The fourth-order valence-electron chi connectivity index (χ4n) is 3.45. The average Bonchev–Trinajstić information content (AvgIpc) is 2.71. The molecule has 0 spiro atoms. The van der Waals surface area contributed by atoms with Gasteiger partial charge in [-0.15, -0.1) is 0 Å². The Labute approximate surface area is 125 Å². The van der Waals surface area contributed by atoms with Crippen molar-refractivity contribution in [1.82, 2.24) is 0 Å². The molecule has 2 nitrogen and oxygen atoms in total. The predicted octanol–water partition coefficient (Wildman–Crippen LogP) is 2.73. The van der Waals surface area contributed by atoms with Crippen LogP contribution in [-0.4, -0.2) is 25.4 Å². The minimum atomic E-state index is -2.21. The molecule has 2 aliphatic heterocycles. The molecular weight excluding hydrogens is 327 g/mol. The maximum atomic E-state index is 13.7. The number of rotatable bonds is 2. The second-order valence-corrected chi connectivity index (χ2v) is 8.00. The van der Waals surface area contributed by atoms with E-state index in [0.29, 0.717) is 12.8 Å². The Morgan fingerprint density at radius 3 is 1.77 bits per heavy atom. The maximum Gasteiger partial charge on any atom is 0.200 e. The highest BCUT2D eigenvalue weighted by Gasteiger charge is 2.48. The molecule has 1 N–H and O–H groups in total. The summed E-state index contributed by atoms with van der Waals surface area (Å²) in [6.45, 7) is 0. The molecule has 22 heavy (non-hydrogen) atoms. The van der Waals surface area contributed by atoms with Crippen LogP contribution in [0.2, 0.25) is 0 Å². The van der Waals surface area contributed by atoms with Crippen molar-refractivity contribution in [3.63, 3.8) is 0 Å². The van der Waals surface area contributed by atoms with Gasteiger partial charge in [0.25, 0.3) is 0 Å². The summed E-state index contributed by atoms with van der Waals surface area (Å²) in [6, 6.07) is 0. The first-order valence-electron chi connectivity index (χ1n) is 6.85. The lowest BCUT2D eigenvalue weighted by Gasteiger charge is -2.36. The Kier molecular flexibility index (Phi) is 3.79. The van der Waals surface area contributed by atoms with Crippen LogP contribution in [0.5, 0.6) is 0 Å². The van der Waals surface area contributed by atoms with E-state index in [-0.39, 0.29) is 23.3 Å². The number of aliphatic hydroxyl groups is 1. The van der Waals surface area contributed by atoms with Crippen LogP contribution in [0.15, 0.2) is 0 Å². The van der Waals surface area contributed by atoms with Gasteiger partial charge in [0.1, 0.15) is 0 Å². The third-order valence-corrected chi connectivity index (χ3v) is 6.61. The van der Waals surface area contributed by atoms with Crippen molar-refractivity contribution in [2.75, 3.05) is 0 Å². The molecule has 2 unspecified atom stereocenters. The van der Waals surface area contributed by atoms with Gasteiger partial charge in [-0.3, -0.25) is 4.21 Å². The van der Waals surface area contributed by atoms with Gasteiger partial charge in [0, 0.05) is 33.3 Å². The van der Waals surface area contributed by atoms with E-state index in [1.807, 2.05) is 0 Å². The van der Waals surface area contributed by atoms with Crippen molar-refractivity contribution < 1.29 is 31.3 Å². The van der Waals surface area contributed by atoms with E-state index in [1.165, 1.54) is 0 Å². The fourth-order valence-corrected chi connectivity index (χ4v) is 5.68. The fraction of sp³-hybridized carbons (Fsp3) is 0.571. The zero-order valence-electron chi connectivity index (χ0n) is 11.3. The van der Waals surface area contributed by atoms with Crippen molar-refractivity contribution in [2.45, 2.75) is 48.2 Å². The highest BCUT2D eigenvalue weighted by molar-refractivity contribution is 7.86. The molecule has 0 amide bonds. The van der Waals surface area contributed by atoms with Crippen LogP contribution in [0.4, 0.5) is 22.0 Å². The molecule has 1 aromatic carbocycles. The summed E-state index contributed by atoms with van der Waals surface area (Å²) in [5, 5.41) is 9.94. The van der Waals surface area contributed by atoms with E-state index in [2.05, 4.69) is 0 Å². The van der Waals surface area contributed by atoms with Crippen LogP contribution in [0, 0.1) is 29.1 Å². The Bertz CT molecular complexity index is 618. The molecule has 0 aliphatic carbocycles. The van der Waals surface area contributed by atoms with Crippen molar-refractivity contribution >= 4 is 10.8 Å². The molecule has 2 aliphatic rings. The summed E-state index contributed by atoms with van der Waals surface area (Å²) in [7, 11) is -1.10. The van der Waals surface area contributed by atoms with Crippen molar-refractivity contribution in [3.8, 4) is 0 Å². The maximum absolute atomic E-state index is 13.7. The Morgan fingerprint density at radius 2 is 1.32 bits per heavy atom. The van der Waals surface area contributed by atoms with Gasteiger partial charge >= 0.3 is 0 Å².